The van der Waals surface area contributed by atoms with Crippen molar-refractivity contribution in [1.82, 2.24) is 4.98 Å². The van der Waals surface area contributed by atoms with Crippen LogP contribution in [0.1, 0.15) is 40.5 Å². The summed E-state index contributed by atoms with van der Waals surface area (Å²) in [6.45, 7) is 7.78. The monoisotopic (exact) mass is 330 g/mol. The Balaban J connectivity index is 2.38. The Morgan fingerprint density at radius 3 is 2.71 bits per heavy atom. The number of aromatic nitrogens is 1. The van der Waals surface area contributed by atoms with E-state index in [-0.39, 0.29) is 12.0 Å². The van der Waals surface area contributed by atoms with Crippen molar-refractivity contribution in [2.24, 2.45) is 0 Å². The first-order chi connectivity index (χ1) is 11.4. The molecule has 1 heterocycles. The summed E-state index contributed by atoms with van der Waals surface area (Å²) in [7, 11) is 1.56. The number of hydrogen-bond acceptors (Lipinski definition) is 4. The molecule has 0 radical (unpaired) electrons. The van der Waals surface area contributed by atoms with Gasteiger partial charge in [0.25, 0.3) is 5.91 Å². The maximum atomic E-state index is 12.7. The summed E-state index contributed by atoms with van der Waals surface area (Å²) in [6.07, 6.45) is 3.29. The second-order valence-corrected chi connectivity index (χ2v) is 6.32. The summed E-state index contributed by atoms with van der Waals surface area (Å²) in [5.74, 6) is 0.552. The van der Waals surface area contributed by atoms with Crippen LogP contribution in [0.25, 0.3) is 10.9 Å². The molecule has 1 N–H and O–H groups in total. The number of carbonyl (C=O) groups excluding carboxylic acids is 1. The largest absolute Gasteiger partial charge is 0.489 e. The molecule has 0 saturated carbocycles. The molecule has 0 saturated heterocycles. The SMILES string of the molecule is CCCC(C)(OC)C(=O)Nc1ccc(OC(C)C)c2ncccc12. The Morgan fingerprint density at radius 1 is 1.33 bits per heavy atom. The van der Waals surface area contributed by atoms with Crippen LogP contribution in [-0.2, 0) is 9.53 Å². The number of fused-ring (bicyclic) bond motifs is 1. The van der Waals surface area contributed by atoms with E-state index >= 15 is 0 Å². The number of pyridine rings is 1. The van der Waals surface area contributed by atoms with Gasteiger partial charge in [-0.1, -0.05) is 13.3 Å². The van der Waals surface area contributed by atoms with Crippen LogP contribution in [0, 0.1) is 0 Å². The lowest BCUT2D eigenvalue weighted by Gasteiger charge is -2.26. The molecule has 0 aliphatic carbocycles. The number of methoxy groups -OCH3 is 1. The molecule has 1 aromatic carbocycles. The second kappa shape index (κ2) is 7.62. The lowest BCUT2D eigenvalue weighted by Crippen LogP contribution is -2.41. The van der Waals surface area contributed by atoms with Crippen molar-refractivity contribution in [2.75, 3.05) is 12.4 Å². The predicted molar refractivity (Wildman–Crippen MR) is 96.5 cm³/mol. The summed E-state index contributed by atoms with van der Waals surface area (Å²) in [6, 6.07) is 7.46. The highest BCUT2D eigenvalue weighted by Crippen LogP contribution is 2.31. The van der Waals surface area contributed by atoms with Crippen molar-refractivity contribution in [1.29, 1.82) is 0 Å². The van der Waals surface area contributed by atoms with E-state index in [1.54, 1.807) is 13.3 Å². The molecule has 0 aliphatic rings. The van der Waals surface area contributed by atoms with E-state index in [1.807, 2.05) is 52.0 Å². The smallest absolute Gasteiger partial charge is 0.256 e. The second-order valence-electron chi connectivity index (χ2n) is 6.32. The number of amides is 1. The van der Waals surface area contributed by atoms with Gasteiger partial charge < -0.3 is 14.8 Å². The highest BCUT2D eigenvalue weighted by molar-refractivity contribution is 6.05. The van der Waals surface area contributed by atoms with Gasteiger partial charge in [0, 0.05) is 18.7 Å². The van der Waals surface area contributed by atoms with Crippen LogP contribution in [0.3, 0.4) is 0 Å². The normalized spacial score (nSPS) is 13.8. The van der Waals surface area contributed by atoms with Gasteiger partial charge in [-0.3, -0.25) is 9.78 Å². The van der Waals surface area contributed by atoms with Gasteiger partial charge in [0.15, 0.2) is 0 Å². The first-order valence-corrected chi connectivity index (χ1v) is 8.32. The van der Waals surface area contributed by atoms with Gasteiger partial charge in [0.1, 0.15) is 16.9 Å². The van der Waals surface area contributed by atoms with E-state index in [4.69, 9.17) is 9.47 Å². The van der Waals surface area contributed by atoms with Crippen LogP contribution in [0.15, 0.2) is 30.5 Å². The summed E-state index contributed by atoms with van der Waals surface area (Å²) in [5, 5.41) is 3.83. The average molecular weight is 330 g/mol. The van der Waals surface area contributed by atoms with Crippen LogP contribution in [0.4, 0.5) is 5.69 Å². The van der Waals surface area contributed by atoms with Crippen molar-refractivity contribution in [3.8, 4) is 5.75 Å². The Morgan fingerprint density at radius 2 is 2.08 bits per heavy atom. The zero-order chi connectivity index (χ0) is 17.7. The van der Waals surface area contributed by atoms with E-state index in [0.29, 0.717) is 17.9 Å². The van der Waals surface area contributed by atoms with Gasteiger partial charge in [-0.05, 0) is 51.5 Å². The van der Waals surface area contributed by atoms with Crippen LogP contribution in [0.5, 0.6) is 5.75 Å². The Bertz CT molecular complexity index is 715. The summed E-state index contributed by atoms with van der Waals surface area (Å²) in [5.41, 5.74) is 0.591. The van der Waals surface area contributed by atoms with Gasteiger partial charge in [-0.15, -0.1) is 0 Å². The molecule has 1 unspecified atom stereocenters. The third kappa shape index (κ3) is 3.85. The Labute approximate surface area is 143 Å². The van der Waals surface area contributed by atoms with Crippen molar-refractivity contribution >= 4 is 22.5 Å². The minimum Gasteiger partial charge on any atom is -0.489 e. The van der Waals surface area contributed by atoms with E-state index in [2.05, 4.69) is 10.3 Å². The lowest BCUT2D eigenvalue weighted by atomic mass is 9.99. The molecule has 0 bridgehead atoms. The average Bonchev–Trinajstić information content (AvgIpc) is 2.56. The van der Waals surface area contributed by atoms with Crippen molar-refractivity contribution < 1.29 is 14.3 Å². The molecule has 24 heavy (non-hydrogen) atoms. The van der Waals surface area contributed by atoms with Crippen molar-refractivity contribution in [3.63, 3.8) is 0 Å². The molecule has 0 fully saturated rings. The maximum absolute atomic E-state index is 12.7. The van der Waals surface area contributed by atoms with Gasteiger partial charge in [-0.2, -0.15) is 0 Å². The van der Waals surface area contributed by atoms with Crippen LogP contribution >= 0.6 is 0 Å². The topological polar surface area (TPSA) is 60.5 Å². The van der Waals surface area contributed by atoms with E-state index in [1.165, 1.54) is 0 Å². The van der Waals surface area contributed by atoms with Crippen molar-refractivity contribution in [3.05, 3.63) is 30.5 Å². The number of benzene rings is 1. The fourth-order valence-corrected chi connectivity index (χ4v) is 2.64. The maximum Gasteiger partial charge on any atom is 0.256 e. The number of carbonyl (C=O) groups is 1. The first kappa shape index (κ1) is 18.2. The molecule has 1 atom stereocenters. The van der Waals surface area contributed by atoms with Crippen LogP contribution in [-0.4, -0.2) is 29.7 Å². The fourth-order valence-electron chi connectivity index (χ4n) is 2.64. The minimum absolute atomic E-state index is 0.0528. The zero-order valence-electron chi connectivity index (χ0n) is 15.1. The number of anilines is 1. The highest BCUT2D eigenvalue weighted by Gasteiger charge is 2.32. The van der Waals surface area contributed by atoms with E-state index in [0.717, 1.165) is 17.3 Å². The Hall–Kier alpha value is -2.14. The molecular formula is C19H26N2O3. The molecule has 1 aromatic heterocycles. The number of rotatable bonds is 7. The number of hydrogen-bond donors (Lipinski definition) is 1. The third-order valence-electron chi connectivity index (χ3n) is 4.00. The van der Waals surface area contributed by atoms with E-state index in [9.17, 15) is 4.79 Å². The van der Waals surface area contributed by atoms with Gasteiger partial charge in [0.2, 0.25) is 0 Å². The summed E-state index contributed by atoms with van der Waals surface area (Å²) >= 11 is 0. The third-order valence-corrected chi connectivity index (χ3v) is 4.00. The van der Waals surface area contributed by atoms with Gasteiger partial charge in [-0.25, -0.2) is 0 Å². The lowest BCUT2D eigenvalue weighted by molar-refractivity contribution is -0.136. The minimum atomic E-state index is -0.851. The van der Waals surface area contributed by atoms with Crippen molar-refractivity contribution in [2.45, 2.75) is 52.2 Å². The molecule has 2 aromatic rings. The predicted octanol–water partition coefficient (Wildman–Crippen LogP) is 4.17. The van der Waals surface area contributed by atoms with Crippen LogP contribution < -0.4 is 10.1 Å². The quantitative estimate of drug-likeness (QED) is 0.828. The molecule has 5 nitrogen and oxygen atoms in total. The molecule has 0 spiro atoms. The summed E-state index contributed by atoms with van der Waals surface area (Å²) < 4.78 is 11.3. The number of ether oxygens (including phenoxy) is 2. The molecule has 2 rings (SSSR count). The van der Waals surface area contributed by atoms with Crippen LogP contribution in [0.2, 0.25) is 0 Å². The first-order valence-electron chi connectivity index (χ1n) is 8.32. The standard InChI is InChI=1S/C19H26N2O3/c1-6-11-19(4,23-5)18(22)21-15-9-10-16(24-13(2)3)17-14(15)8-7-12-20-17/h7-10,12-13H,6,11H2,1-5H3,(H,21,22). The molecule has 0 aliphatic heterocycles. The van der Waals surface area contributed by atoms with Gasteiger partial charge >= 0.3 is 0 Å². The van der Waals surface area contributed by atoms with Gasteiger partial charge in [0.05, 0.1) is 11.8 Å². The molecule has 5 heteroatoms. The Kier molecular flexibility index (Phi) is 5.78. The fraction of sp³-hybridized carbons (Fsp3) is 0.474. The summed E-state index contributed by atoms with van der Waals surface area (Å²) in [4.78, 5) is 17.1. The zero-order valence-corrected chi connectivity index (χ0v) is 15.1. The van der Waals surface area contributed by atoms with E-state index < -0.39 is 5.60 Å². The molecule has 1 amide bonds. The number of nitrogens with zero attached hydrogens (tertiary/aromatic N) is 1. The molecule has 130 valence electrons. The molecular weight excluding hydrogens is 304 g/mol. The highest BCUT2D eigenvalue weighted by atomic mass is 16.5. The number of nitrogens with one attached hydrogen (secondary N) is 1.